The molecule has 0 unspecified atom stereocenters. The molecule has 0 atom stereocenters. The van der Waals surface area contributed by atoms with Crippen molar-refractivity contribution in [3.63, 3.8) is 0 Å². The SMILES string of the molecule is COC(=O)/C(=C/c1c(O)ccc2ccccc12)NC(=O)c1ccccc1. The number of carbonyl (C=O) groups excluding carboxylic acids is 2. The Kier molecular flexibility index (Phi) is 4.99. The van der Waals surface area contributed by atoms with Gasteiger partial charge in [-0.2, -0.15) is 0 Å². The highest BCUT2D eigenvalue weighted by Crippen LogP contribution is 2.29. The molecule has 2 N–H and O–H groups in total. The van der Waals surface area contributed by atoms with E-state index < -0.39 is 11.9 Å². The van der Waals surface area contributed by atoms with Crippen LogP contribution in [0.3, 0.4) is 0 Å². The van der Waals surface area contributed by atoms with E-state index in [0.29, 0.717) is 11.1 Å². The van der Waals surface area contributed by atoms with Gasteiger partial charge in [-0.1, -0.05) is 48.5 Å². The van der Waals surface area contributed by atoms with Crippen molar-refractivity contribution in [2.75, 3.05) is 7.11 Å². The van der Waals surface area contributed by atoms with Crippen molar-refractivity contribution in [3.05, 3.63) is 83.6 Å². The minimum Gasteiger partial charge on any atom is -0.507 e. The summed E-state index contributed by atoms with van der Waals surface area (Å²) in [7, 11) is 1.23. The summed E-state index contributed by atoms with van der Waals surface area (Å²) in [6, 6.07) is 19.3. The molecule has 5 nitrogen and oxygen atoms in total. The van der Waals surface area contributed by atoms with Gasteiger partial charge in [-0.3, -0.25) is 4.79 Å². The van der Waals surface area contributed by atoms with Gasteiger partial charge in [-0.05, 0) is 35.0 Å². The maximum Gasteiger partial charge on any atom is 0.354 e. The van der Waals surface area contributed by atoms with Crippen molar-refractivity contribution in [3.8, 4) is 5.75 Å². The van der Waals surface area contributed by atoms with Gasteiger partial charge in [-0.25, -0.2) is 4.79 Å². The molecule has 0 radical (unpaired) electrons. The van der Waals surface area contributed by atoms with Gasteiger partial charge < -0.3 is 15.2 Å². The zero-order chi connectivity index (χ0) is 18.5. The summed E-state index contributed by atoms with van der Waals surface area (Å²) >= 11 is 0. The number of phenolic OH excluding ortho intramolecular Hbond substituents is 1. The van der Waals surface area contributed by atoms with Crippen molar-refractivity contribution in [1.29, 1.82) is 0 Å². The van der Waals surface area contributed by atoms with Gasteiger partial charge in [0.1, 0.15) is 11.4 Å². The Morgan fingerprint density at radius 2 is 1.65 bits per heavy atom. The average Bonchev–Trinajstić information content (AvgIpc) is 2.69. The first-order chi connectivity index (χ1) is 12.6. The van der Waals surface area contributed by atoms with Crippen LogP contribution in [0.25, 0.3) is 16.8 Å². The molecule has 3 aromatic carbocycles. The molecule has 0 spiro atoms. The quantitative estimate of drug-likeness (QED) is 0.560. The number of methoxy groups -OCH3 is 1. The van der Waals surface area contributed by atoms with Crippen LogP contribution in [0.5, 0.6) is 5.75 Å². The third kappa shape index (κ3) is 3.57. The number of benzene rings is 3. The Hall–Kier alpha value is -3.60. The van der Waals surface area contributed by atoms with Gasteiger partial charge in [0, 0.05) is 11.1 Å². The predicted molar refractivity (Wildman–Crippen MR) is 99.5 cm³/mol. The minimum atomic E-state index is -0.707. The summed E-state index contributed by atoms with van der Waals surface area (Å²) < 4.78 is 4.77. The van der Waals surface area contributed by atoms with E-state index in [1.165, 1.54) is 13.2 Å². The normalized spacial score (nSPS) is 11.2. The van der Waals surface area contributed by atoms with Gasteiger partial charge in [-0.15, -0.1) is 0 Å². The fourth-order valence-electron chi connectivity index (χ4n) is 2.62. The number of aromatic hydroxyl groups is 1. The van der Waals surface area contributed by atoms with Gasteiger partial charge in [0.25, 0.3) is 5.91 Å². The summed E-state index contributed by atoms with van der Waals surface area (Å²) in [5.74, 6) is -1.15. The van der Waals surface area contributed by atoms with Crippen LogP contribution in [-0.4, -0.2) is 24.1 Å². The van der Waals surface area contributed by atoms with E-state index in [4.69, 9.17) is 4.74 Å². The maximum atomic E-state index is 12.4. The number of fused-ring (bicyclic) bond motifs is 1. The topological polar surface area (TPSA) is 75.6 Å². The Morgan fingerprint density at radius 3 is 2.38 bits per heavy atom. The second-order valence-corrected chi connectivity index (χ2v) is 5.59. The van der Waals surface area contributed by atoms with E-state index >= 15 is 0 Å². The Bertz CT molecular complexity index is 993. The highest BCUT2D eigenvalue weighted by molar-refractivity contribution is 6.05. The van der Waals surface area contributed by atoms with Gasteiger partial charge in [0.05, 0.1) is 7.11 Å². The van der Waals surface area contributed by atoms with Crippen LogP contribution in [0.1, 0.15) is 15.9 Å². The van der Waals surface area contributed by atoms with E-state index in [1.54, 1.807) is 42.5 Å². The van der Waals surface area contributed by atoms with Crippen LogP contribution in [0.15, 0.2) is 72.4 Å². The van der Waals surface area contributed by atoms with Crippen LogP contribution < -0.4 is 5.32 Å². The van der Waals surface area contributed by atoms with Crippen LogP contribution in [0.2, 0.25) is 0 Å². The monoisotopic (exact) mass is 347 g/mol. The van der Waals surface area contributed by atoms with Crippen molar-refractivity contribution < 1.29 is 19.4 Å². The lowest BCUT2D eigenvalue weighted by Gasteiger charge is -2.10. The number of hydrogen-bond donors (Lipinski definition) is 2. The van der Waals surface area contributed by atoms with Gasteiger partial charge in [0.2, 0.25) is 0 Å². The number of carbonyl (C=O) groups is 2. The lowest BCUT2D eigenvalue weighted by Crippen LogP contribution is -2.28. The molecule has 0 aliphatic rings. The van der Waals surface area contributed by atoms with Crippen LogP contribution in [-0.2, 0) is 9.53 Å². The van der Waals surface area contributed by atoms with E-state index in [9.17, 15) is 14.7 Å². The molecule has 1 amide bonds. The Labute approximate surface area is 150 Å². The smallest absolute Gasteiger partial charge is 0.354 e. The highest BCUT2D eigenvalue weighted by atomic mass is 16.5. The molecule has 0 aliphatic carbocycles. The molecule has 0 saturated carbocycles. The standard InChI is InChI=1S/C21H17NO4/c1-26-21(25)18(22-20(24)15-8-3-2-4-9-15)13-17-16-10-6-5-7-14(16)11-12-19(17)23/h2-13,23H,1H3,(H,22,24)/b18-13-. The summed E-state index contributed by atoms with van der Waals surface area (Å²) in [6.07, 6.45) is 1.42. The number of esters is 1. The third-order valence-electron chi connectivity index (χ3n) is 3.93. The van der Waals surface area contributed by atoms with Crippen LogP contribution in [0.4, 0.5) is 0 Å². The lowest BCUT2D eigenvalue weighted by molar-refractivity contribution is -0.136. The first kappa shape index (κ1) is 17.2. The predicted octanol–water partition coefficient (Wildman–Crippen LogP) is 3.49. The molecule has 3 aromatic rings. The van der Waals surface area contributed by atoms with E-state index in [-0.39, 0.29) is 11.4 Å². The van der Waals surface area contributed by atoms with Crippen LogP contribution >= 0.6 is 0 Å². The zero-order valence-corrected chi connectivity index (χ0v) is 14.1. The molecular weight excluding hydrogens is 330 g/mol. The van der Waals surface area contributed by atoms with E-state index in [2.05, 4.69) is 5.32 Å². The number of rotatable bonds is 4. The molecule has 26 heavy (non-hydrogen) atoms. The average molecular weight is 347 g/mol. The largest absolute Gasteiger partial charge is 0.507 e. The third-order valence-corrected chi connectivity index (χ3v) is 3.93. The summed E-state index contributed by atoms with van der Waals surface area (Å²) in [5, 5.41) is 14.5. The summed E-state index contributed by atoms with van der Waals surface area (Å²) in [4.78, 5) is 24.5. The fourth-order valence-corrected chi connectivity index (χ4v) is 2.62. The molecule has 3 rings (SSSR count). The molecule has 0 fully saturated rings. The summed E-state index contributed by atoms with van der Waals surface area (Å²) in [6.45, 7) is 0. The van der Waals surface area contributed by atoms with Gasteiger partial charge in [0.15, 0.2) is 0 Å². The fraction of sp³-hybridized carbons (Fsp3) is 0.0476. The molecule has 0 saturated heterocycles. The molecule has 0 aromatic heterocycles. The van der Waals surface area contributed by atoms with E-state index in [1.807, 2.05) is 24.3 Å². The molecular formula is C21H17NO4. The minimum absolute atomic E-state index is 0.000867. The maximum absolute atomic E-state index is 12.4. The van der Waals surface area contributed by atoms with Crippen molar-refractivity contribution in [2.24, 2.45) is 0 Å². The highest BCUT2D eigenvalue weighted by Gasteiger charge is 2.16. The molecule has 5 heteroatoms. The van der Waals surface area contributed by atoms with Crippen LogP contribution in [0, 0.1) is 0 Å². The number of amides is 1. The first-order valence-corrected chi connectivity index (χ1v) is 7.97. The molecule has 0 bridgehead atoms. The molecule has 0 aliphatic heterocycles. The van der Waals surface area contributed by atoms with Crippen molar-refractivity contribution >= 4 is 28.7 Å². The van der Waals surface area contributed by atoms with Crippen molar-refractivity contribution in [1.82, 2.24) is 5.32 Å². The molecule has 0 heterocycles. The second-order valence-electron chi connectivity index (χ2n) is 5.59. The van der Waals surface area contributed by atoms with Crippen molar-refractivity contribution in [2.45, 2.75) is 0 Å². The Balaban J connectivity index is 2.05. The zero-order valence-electron chi connectivity index (χ0n) is 14.1. The second kappa shape index (κ2) is 7.53. The summed E-state index contributed by atoms with van der Waals surface area (Å²) in [5.41, 5.74) is 0.773. The number of ether oxygens (including phenoxy) is 1. The number of hydrogen-bond acceptors (Lipinski definition) is 4. The van der Waals surface area contributed by atoms with E-state index in [0.717, 1.165) is 10.8 Å². The first-order valence-electron chi connectivity index (χ1n) is 7.97. The number of phenols is 1. The lowest BCUT2D eigenvalue weighted by atomic mass is 10.0. The van der Waals surface area contributed by atoms with Gasteiger partial charge >= 0.3 is 5.97 Å². The number of nitrogens with one attached hydrogen (secondary N) is 1. The molecule has 130 valence electrons. The Morgan fingerprint density at radius 1 is 0.962 bits per heavy atom.